The highest BCUT2D eigenvalue weighted by molar-refractivity contribution is 5.79. The van der Waals surface area contributed by atoms with Gasteiger partial charge >= 0.3 is 0 Å². The van der Waals surface area contributed by atoms with Crippen molar-refractivity contribution in [1.82, 2.24) is 25.3 Å². The molecule has 0 bridgehead atoms. The molecule has 0 saturated carbocycles. The Morgan fingerprint density at radius 3 is 2.78 bits per heavy atom. The fraction of sp³-hybridized carbons (Fsp3) is 0.250. The quantitative estimate of drug-likeness (QED) is 0.754. The number of hydrogen-bond donors (Lipinski definition) is 1. The van der Waals surface area contributed by atoms with Gasteiger partial charge in [0.05, 0.1) is 6.54 Å². The number of carbonyl (C=O) groups excluding carboxylic acids is 1. The van der Waals surface area contributed by atoms with Gasteiger partial charge in [0.2, 0.25) is 17.7 Å². The van der Waals surface area contributed by atoms with Crippen molar-refractivity contribution in [3.63, 3.8) is 0 Å². The first-order chi connectivity index (χ1) is 11.3. The van der Waals surface area contributed by atoms with Crippen LogP contribution in [-0.4, -0.2) is 25.9 Å². The number of benzene rings is 1. The average Bonchev–Trinajstić information content (AvgIpc) is 3.26. The first kappa shape index (κ1) is 15.0. The van der Waals surface area contributed by atoms with Crippen molar-refractivity contribution in [3.05, 3.63) is 54.7 Å². The van der Waals surface area contributed by atoms with E-state index in [0.717, 1.165) is 5.56 Å². The number of nitrogens with one attached hydrogen (secondary N) is 1. The van der Waals surface area contributed by atoms with Crippen LogP contribution in [0, 0.1) is 0 Å². The van der Waals surface area contributed by atoms with Crippen LogP contribution in [0.15, 0.2) is 53.2 Å². The minimum Gasteiger partial charge on any atom is -0.419 e. The average molecular weight is 311 g/mol. The molecule has 0 aliphatic heterocycles. The summed E-state index contributed by atoms with van der Waals surface area (Å²) in [5, 5.41) is 14.9. The Balaban J connectivity index is 1.62. The predicted octanol–water partition coefficient (Wildman–Crippen LogP) is 2.20. The van der Waals surface area contributed by atoms with Gasteiger partial charge in [-0.3, -0.25) is 9.48 Å². The third kappa shape index (κ3) is 3.45. The van der Waals surface area contributed by atoms with Gasteiger partial charge in [-0.15, -0.1) is 10.2 Å². The largest absolute Gasteiger partial charge is 0.419 e. The highest BCUT2D eigenvalue weighted by Crippen LogP contribution is 2.17. The lowest BCUT2D eigenvalue weighted by Gasteiger charge is -2.14. The topological polar surface area (TPSA) is 85.8 Å². The Kier molecular flexibility index (Phi) is 4.46. The molecule has 0 saturated heterocycles. The maximum absolute atomic E-state index is 12.3. The SMILES string of the molecule is CC[C@H](C(=O)NCc1nnc(-c2ccccc2)o1)n1cccn1. The molecular formula is C16H17N5O2. The first-order valence-corrected chi connectivity index (χ1v) is 7.42. The van der Waals surface area contributed by atoms with E-state index in [2.05, 4.69) is 20.6 Å². The Morgan fingerprint density at radius 1 is 1.26 bits per heavy atom. The van der Waals surface area contributed by atoms with Crippen molar-refractivity contribution in [1.29, 1.82) is 0 Å². The lowest BCUT2D eigenvalue weighted by Crippen LogP contribution is -2.32. The van der Waals surface area contributed by atoms with Crippen LogP contribution >= 0.6 is 0 Å². The maximum atomic E-state index is 12.3. The molecule has 0 spiro atoms. The van der Waals surface area contributed by atoms with Crippen molar-refractivity contribution in [3.8, 4) is 11.5 Å². The van der Waals surface area contributed by atoms with E-state index in [1.165, 1.54) is 0 Å². The molecule has 1 N–H and O–H groups in total. The van der Waals surface area contributed by atoms with E-state index >= 15 is 0 Å². The zero-order valence-corrected chi connectivity index (χ0v) is 12.7. The second-order valence-electron chi connectivity index (χ2n) is 4.99. The Hall–Kier alpha value is -2.96. The van der Waals surface area contributed by atoms with E-state index in [1.54, 1.807) is 23.1 Å². The molecule has 23 heavy (non-hydrogen) atoms. The van der Waals surface area contributed by atoms with E-state index in [0.29, 0.717) is 18.2 Å². The van der Waals surface area contributed by atoms with Crippen LogP contribution in [0.5, 0.6) is 0 Å². The minimum absolute atomic E-state index is 0.129. The molecule has 7 heteroatoms. The van der Waals surface area contributed by atoms with Gasteiger partial charge in [-0.1, -0.05) is 25.1 Å². The van der Waals surface area contributed by atoms with Gasteiger partial charge in [-0.2, -0.15) is 5.10 Å². The molecule has 0 aliphatic carbocycles. The summed E-state index contributed by atoms with van der Waals surface area (Å²) in [6.45, 7) is 2.13. The lowest BCUT2D eigenvalue weighted by molar-refractivity contribution is -0.125. The highest BCUT2D eigenvalue weighted by Gasteiger charge is 2.19. The van der Waals surface area contributed by atoms with E-state index in [1.807, 2.05) is 37.3 Å². The van der Waals surface area contributed by atoms with Gasteiger partial charge in [0, 0.05) is 18.0 Å². The first-order valence-electron chi connectivity index (χ1n) is 7.42. The van der Waals surface area contributed by atoms with Gasteiger partial charge in [-0.05, 0) is 24.6 Å². The van der Waals surface area contributed by atoms with Gasteiger partial charge in [0.1, 0.15) is 6.04 Å². The Morgan fingerprint density at radius 2 is 2.09 bits per heavy atom. The number of rotatable bonds is 6. The monoisotopic (exact) mass is 311 g/mol. The van der Waals surface area contributed by atoms with E-state index < -0.39 is 0 Å². The van der Waals surface area contributed by atoms with Crippen LogP contribution in [0.3, 0.4) is 0 Å². The number of amides is 1. The van der Waals surface area contributed by atoms with Crippen molar-refractivity contribution >= 4 is 5.91 Å². The normalized spacial score (nSPS) is 12.0. The summed E-state index contributed by atoms with van der Waals surface area (Å²) in [6, 6.07) is 10.9. The number of nitrogens with zero attached hydrogens (tertiary/aromatic N) is 4. The van der Waals surface area contributed by atoms with Crippen LogP contribution in [0.4, 0.5) is 0 Å². The van der Waals surface area contributed by atoms with Crippen LogP contribution in [0.2, 0.25) is 0 Å². The van der Waals surface area contributed by atoms with Crippen molar-refractivity contribution in [2.45, 2.75) is 25.9 Å². The lowest BCUT2D eigenvalue weighted by atomic mass is 10.2. The number of carbonyl (C=O) groups is 1. The molecule has 1 amide bonds. The summed E-state index contributed by atoms with van der Waals surface area (Å²) < 4.78 is 7.20. The third-order valence-corrected chi connectivity index (χ3v) is 3.43. The summed E-state index contributed by atoms with van der Waals surface area (Å²) in [6.07, 6.45) is 4.07. The maximum Gasteiger partial charge on any atom is 0.247 e. The van der Waals surface area contributed by atoms with Gasteiger partial charge in [0.15, 0.2) is 0 Å². The van der Waals surface area contributed by atoms with Gasteiger partial charge < -0.3 is 9.73 Å². The van der Waals surface area contributed by atoms with Gasteiger partial charge in [-0.25, -0.2) is 0 Å². The van der Waals surface area contributed by atoms with Crippen LogP contribution in [-0.2, 0) is 11.3 Å². The van der Waals surface area contributed by atoms with E-state index in [-0.39, 0.29) is 18.5 Å². The molecule has 1 aromatic carbocycles. The fourth-order valence-corrected chi connectivity index (χ4v) is 2.26. The Bertz CT molecular complexity index is 752. The number of aromatic nitrogens is 4. The molecule has 0 radical (unpaired) electrons. The molecule has 2 heterocycles. The molecule has 0 fully saturated rings. The molecule has 0 unspecified atom stereocenters. The molecule has 118 valence electrons. The molecule has 3 rings (SSSR count). The summed E-state index contributed by atoms with van der Waals surface area (Å²) in [5.74, 6) is 0.678. The second kappa shape index (κ2) is 6.87. The van der Waals surface area contributed by atoms with Crippen LogP contribution in [0.25, 0.3) is 11.5 Å². The van der Waals surface area contributed by atoms with E-state index in [9.17, 15) is 4.79 Å². The summed E-state index contributed by atoms with van der Waals surface area (Å²) >= 11 is 0. The minimum atomic E-state index is -0.346. The standard InChI is InChI=1S/C16H17N5O2/c1-2-13(21-10-6-9-18-21)15(22)17-11-14-19-20-16(23-14)12-7-4-3-5-8-12/h3-10,13H,2,11H2,1H3,(H,17,22)/t13-/m1/s1. The molecule has 2 aromatic heterocycles. The highest BCUT2D eigenvalue weighted by atomic mass is 16.4. The Labute approximate surface area is 133 Å². The third-order valence-electron chi connectivity index (χ3n) is 3.43. The summed E-state index contributed by atoms with van der Waals surface area (Å²) in [7, 11) is 0. The van der Waals surface area contributed by atoms with Crippen molar-refractivity contribution in [2.24, 2.45) is 0 Å². The molecule has 3 aromatic rings. The zero-order chi connectivity index (χ0) is 16.1. The number of hydrogen-bond acceptors (Lipinski definition) is 5. The summed E-state index contributed by atoms with van der Waals surface area (Å²) in [4.78, 5) is 12.3. The molecular weight excluding hydrogens is 294 g/mol. The second-order valence-corrected chi connectivity index (χ2v) is 4.99. The van der Waals surface area contributed by atoms with Crippen LogP contribution < -0.4 is 5.32 Å². The van der Waals surface area contributed by atoms with E-state index in [4.69, 9.17) is 4.42 Å². The van der Waals surface area contributed by atoms with Crippen LogP contribution in [0.1, 0.15) is 25.3 Å². The summed E-state index contributed by atoms with van der Waals surface area (Å²) in [5.41, 5.74) is 0.848. The fourth-order valence-electron chi connectivity index (χ4n) is 2.26. The molecule has 0 aliphatic rings. The van der Waals surface area contributed by atoms with Crippen molar-refractivity contribution < 1.29 is 9.21 Å². The van der Waals surface area contributed by atoms with Gasteiger partial charge in [0.25, 0.3) is 0 Å². The predicted molar refractivity (Wildman–Crippen MR) is 83.1 cm³/mol. The molecule has 7 nitrogen and oxygen atoms in total. The zero-order valence-electron chi connectivity index (χ0n) is 12.7. The molecule has 1 atom stereocenters. The smallest absolute Gasteiger partial charge is 0.247 e. The van der Waals surface area contributed by atoms with Crippen molar-refractivity contribution in [2.75, 3.05) is 0 Å².